The molecular formula is C20H19F2N5O. The van der Waals surface area contributed by atoms with E-state index in [2.05, 4.69) is 25.8 Å². The molecular weight excluding hydrogens is 364 g/mol. The van der Waals surface area contributed by atoms with E-state index in [1.165, 1.54) is 17.7 Å². The van der Waals surface area contributed by atoms with Gasteiger partial charge in [-0.15, -0.1) is 0 Å². The molecule has 0 unspecified atom stereocenters. The maximum Gasteiger partial charge on any atom is 0.387 e. The molecule has 1 aliphatic rings. The number of pyridine rings is 1. The minimum absolute atomic E-state index is 0.0610. The first-order valence-electron chi connectivity index (χ1n) is 9.06. The van der Waals surface area contributed by atoms with Crippen LogP contribution in [-0.2, 0) is 7.05 Å². The van der Waals surface area contributed by atoms with Crippen LogP contribution in [0.4, 0.5) is 14.5 Å². The van der Waals surface area contributed by atoms with Crippen LogP contribution in [0, 0.1) is 11.3 Å². The van der Waals surface area contributed by atoms with E-state index in [0.29, 0.717) is 22.4 Å². The number of anilines is 1. The highest BCUT2D eigenvalue weighted by atomic mass is 19.3. The molecule has 0 atom stereocenters. The van der Waals surface area contributed by atoms with E-state index < -0.39 is 6.61 Å². The number of hydrogen-bond donors (Lipinski definition) is 0. The molecule has 0 N–H and O–H groups in total. The van der Waals surface area contributed by atoms with E-state index in [-0.39, 0.29) is 5.75 Å². The van der Waals surface area contributed by atoms with Gasteiger partial charge in [0, 0.05) is 37.9 Å². The number of piperidine rings is 1. The van der Waals surface area contributed by atoms with Crippen molar-refractivity contribution in [1.82, 2.24) is 14.8 Å². The van der Waals surface area contributed by atoms with E-state index in [4.69, 9.17) is 0 Å². The smallest absolute Gasteiger partial charge is 0.387 e. The molecule has 0 spiro atoms. The largest absolute Gasteiger partial charge is 0.435 e. The summed E-state index contributed by atoms with van der Waals surface area (Å²) in [5.41, 5.74) is 3.03. The summed E-state index contributed by atoms with van der Waals surface area (Å²) < 4.78 is 31.6. The Kier molecular flexibility index (Phi) is 4.82. The summed E-state index contributed by atoms with van der Waals surface area (Å²) in [7, 11) is 1.90. The molecule has 28 heavy (non-hydrogen) atoms. The molecule has 3 aromatic rings. The first-order valence-corrected chi connectivity index (χ1v) is 9.06. The molecule has 0 bridgehead atoms. The molecule has 2 aromatic heterocycles. The van der Waals surface area contributed by atoms with Crippen molar-refractivity contribution in [1.29, 1.82) is 5.26 Å². The third kappa shape index (κ3) is 3.48. The number of nitrogens with zero attached hydrogens (tertiary/aromatic N) is 5. The molecule has 144 valence electrons. The van der Waals surface area contributed by atoms with Gasteiger partial charge in [-0.1, -0.05) is 0 Å². The summed E-state index contributed by atoms with van der Waals surface area (Å²) in [5.74, 6) is 0.479. The highest BCUT2D eigenvalue weighted by molar-refractivity contribution is 5.95. The Morgan fingerprint density at radius 1 is 1.25 bits per heavy atom. The van der Waals surface area contributed by atoms with E-state index >= 15 is 0 Å². The number of halogens is 2. The van der Waals surface area contributed by atoms with Crippen molar-refractivity contribution in [2.24, 2.45) is 7.05 Å². The monoisotopic (exact) mass is 383 g/mol. The highest BCUT2D eigenvalue weighted by Crippen LogP contribution is 2.36. The maximum atomic E-state index is 12.6. The number of alkyl halides is 2. The Balaban J connectivity index is 1.66. The number of fused-ring (bicyclic) bond motifs is 1. The van der Waals surface area contributed by atoms with Gasteiger partial charge in [-0.3, -0.25) is 9.67 Å². The number of ether oxygens (including phenoxy) is 1. The molecule has 1 aromatic carbocycles. The number of hydrogen-bond acceptors (Lipinski definition) is 5. The van der Waals surface area contributed by atoms with Crippen LogP contribution in [0.2, 0.25) is 0 Å². The van der Waals surface area contributed by atoms with Crippen molar-refractivity contribution in [3.63, 3.8) is 0 Å². The van der Waals surface area contributed by atoms with Crippen molar-refractivity contribution in [2.75, 3.05) is 18.0 Å². The Morgan fingerprint density at radius 3 is 2.68 bits per heavy atom. The topological polar surface area (TPSA) is 67.0 Å². The van der Waals surface area contributed by atoms with Gasteiger partial charge in [-0.05, 0) is 42.5 Å². The van der Waals surface area contributed by atoms with Crippen LogP contribution in [0.3, 0.4) is 0 Å². The Hall–Kier alpha value is -3.21. The molecule has 1 saturated heterocycles. The Bertz CT molecular complexity index is 1030. The van der Waals surface area contributed by atoms with E-state index in [0.717, 1.165) is 31.6 Å². The zero-order valence-corrected chi connectivity index (χ0v) is 15.3. The predicted octanol–water partition coefficient (Wildman–Crippen LogP) is 3.83. The average molecular weight is 383 g/mol. The molecule has 1 aliphatic heterocycles. The molecule has 0 saturated carbocycles. The second-order valence-corrected chi connectivity index (χ2v) is 6.90. The van der Waals surface area contributed by atoms with Crippen molar-refractivity contribution >= 4 is 16.6 Å². The van der Waals surface area contributed by atoms with Crippen LogP contribution in [0.25, 0.3) is 10.9 Å². The number of aryl methyl sites for hydroxylation is 1. The maximum absolute atomic E-state index is 12.6. The minimum atomic E-state index is -2.90. The molecule has 1 fully saturated rings. The summed E-state index contributed by atoms with van der Waals surface area (Å²) >= 11 is 0. The van der Waals surface area contributed by atoms with Gasteiger partial charge in [0.1, 0.15) is 11.8 Å². The van der Waals surface area contributed by atoms with E-state index in [1.54, 1.807) is 16.9 Å². The standard InChI is InChI=1S/C20H19F2N5O/c1-26-12-15(11-25-26)13-4-6-27(7-5-13)19-14(9-23)10-24-18-3-2-16(8-17(18)19)28-20(21)22/h2-3,8,10-13,20H,4-7H2,1H3. The number of nitriles is 1. The number of aromatic nitrogens is 3. The first-order chi connectivity index (χ1) is 13.5. The van der Waals surface area contributed by atoms with Crippen LogP contribution in [0.5, 0.6) is 5.75 Å². The van der Waals surface area contributed by atoms with Crippen molar-refractivity contribution in [2.45, 2.75) is 25.4 Å². The summed E-state index contributed by atoms with van der Waals surface area (Å²) in [6, 6.07) is 6.83. The lowest BCUT2D eigenvalue weighted by atomic mass is 9.91. The highest BCUT2D eigenvalue weighted by Gasteiger charge is 2.25. The number of rotatable bonds is 4. The van der Waals surface area contributed by atoms with Crippen LogP contribution in [-0.4, -0.2) is 34.5 Å². The fourth-order valence-corrected chi connectivity index (χ4v) is 3.84. The molecule has 6 nitrogen and oxygen atoms in total. The van der Waals surface area contributed by atoms with Crippen LogP contribution < -0.4 is 9.64 Å². The zero-order valence-electron chi connectivity index (χ0n) is 15.3. The quantitative estimate of drug-likeness (QED) is 0.685. The predicted molar refractivity (Wildman–Crippen MR) is 100 cm³/mol. The van der Waals surface area contributed by atoms with Crippen LogP contribution in [0.15, 0.2) is 36.8 Å². The Morgan fingerprint density at radius 2 is 2.04 bits per heavy atom. The lowest BCUT2D eigenvalue weighted by molar-refractivity contribution is -0.0497. The zero-order chi connectivity index (χ0) is 19.7. The van der Waals surface area contributed by atoms with Gasteiger partial charge >= 0.3 is 6.61 Å². The van der Waals surface area contributed by atoms with Gasteiger partial charge in [0.25, 0.3) is 0 Å². The molecule has 0 amide bonds. The fraction of sp³-hybridized carbons (Fsp3) is 0.350. The van der Waals surface area contributed by atoms with Crippen molar-refractivity contribution in [3.8, 4) is 11.8 Å². The molecule has 0 radical (unpaired) electrons. The van der Waals surface area contributed by atoms with Gasteiger partial charge in [0.05, 0.1) is 23.0 Å². The summed E-state index contributed by atoms with van der Waals surface area (Å²) in [5, 5.41) is 14.5. The van der Waals surface area contributed by atoms with Crippen LogP contribution in [0.1, 0.15) is 29.9 Å². The van der Waals surface area contributed by atoms with Gasteiger partial charge in [0.2, 0.25) is 0 Å². The van der Waals surface area contributed by atoms with Gasteiger partial charge in [-0.25, -0.2) is 0 Å². The second kappa shape index (κ2) is 7.43. The normalized spacial score (nSPS) is 15.2. The molecule has 8 heteroatoms. The van der Waals surface area contributed by atoms with Gasteiger partial charge in [-0.2, -0.15) is 19.1 Å². The van der Waals surface area contributed by atoms with Gasteiger partial charge < -0.3 is 9.64 Å². The van der Waals surface area contributed by atoms with Crippen molar-refractivity contribution in [3.05, 3.63) is 47.9 Å². The summed E-state index contributed by atoms with van der Waals surface area (Å²) in [6.07, 6.45) is 7.33. The Labute approximate surface area is 161 Å². The number of benzene rings is 1. The summed E-state index contributed by atoms with van der Waals surface area (Å²) in [4.78, 5) is 6.43. The van der Waals surface area contributed by atoms with E-state index in [1.807, 2.05) is 19.4 Å². The minimum Gasteiger partial charge on any atom is -0.435 e. The molecule has 0 aliphatic carbocycles. The van der Waals surface area contributed by atoms with Crippen molar-refractivity contribution < 1.29 is 13.5 Å². The lowest BCUT2D eigenvalue weighted by Crippen LogP contribution is -2.33. The fourth-order valence-electron chi connectivity index (χ4n) is 3.84. The van der Waals surface area contributed by atoms with Crippen LogP contribution >= 0.6 is 0 Å². The third-order valence-electron chi connectivity index (χ3n) is 5.16. The third-order valence-corrected chi connectivity index (χ3v) is 5.16. The van der Waals surface area contributed by atoms with E-state index in [9.17, 15) is 14.0 Å². The average Bonchev–Trinajstić information content (AvgIpc) is 3.13. The summed E-state index contributed by atoms with van der Waals surface area (Å²) in [6.45, 7) is -1.39. The SMILES string of the molecule is Cn1cc(C2CCN(c3c(C#N)cnc4ccc(OC(F)F)cc34)CC2)cn1. The second-order valence-electron chi connectivity index (χ2n) is 6.90. The van der Waals surface area contributed by atoms with Gasteiger partial charge in [0.15, 0.2) is 0 Å². The lowest BCUT2D eigenvalue weighted by Gasteiger charge is -2.34. The molecule has 4 rings (SSSR count). The first kappa shape index (κ1) is 18.2. The molecule has 3 heterocycles.